The minimum absolute atomic E-state index is 0.555. The van der Waals surface area contributed by atoms with Crippen molar-refractivity contribution in [2.45, 2.75) is 19.8 Å². The van der Waals surface area contributed by atoms with E-state index < -0.39 is 0 Å². The monoisotopic (exact) mass is 177 g/mol. The Labute approximate surface area is 78.7 Å². The first-order valence-corrected chi connectivity index (χ1v) is 4.58. The number of nitrogens with one attached hydrogen (secondary N) is 2. The summed E-state index contributed by atoms with van der Waals surface area (Å²) >= 11 is 0. The minimum atomic E-state index is 0.555. The first-order chi connectivity index (χ1) is 6.20. The summed E-state index contributed by atoms with van der Waals surface area (Å²) in [4.78, 5) is 0. The summed E-state index contributed by atoms with van der Waals surface area (Å²) in [5.41, 5.74) is 9.98. The zero-order chi connectivity index (χ0) is 9.42. The van der Waals surface area contributed by atoms with Crippen molar-refractivity contribution in [2.75, 3.05) is 17.5 Å². The topological polar surface area (TPSA) is 27.3 Å². The van der Waals surface area contributed by atoms with Crippen molar-refractivity contribution in [1.29, 1.82) is 0 Å². The van der Waals surface area contributed by atoms with Crippen molar-refractivity contribution in [3.8, 4) is 0 Å². The zero-order valence-corrected chi connectivity index (χ0v) is 8.26. The molecule has 0 unspecified atom stereocenters. The average molecular weight is 177 g/mol. The van der Waals surface area contributed by atoms with Gasteiger partial charge in [-0.1, -0.05) is 26.0 Å². The number of nitrogens with zero attached hydrogens (tertiary/aromatic N) is 1. The van der Waals surface area contributed by atoms with Gasteiger partial charge in [0.2, 0.25) is 0 Å². The van der Waals surface area contributed by atoms with Crippen LogP contribution in [0.4, 0.5) is 11.4 Å². The molecule has 1 aromatic rings. The van der Waals surface area contributed by atoms with Crippen LogP contribution in [0.2, 0.25) is 0 Å². The molecule has 2 N–H and O–H groups in total. The molecular weight excluding hydrogens is 162 g/mol. The van der Waals surface area contributed by atoms with Gasteiger partial charge in [-0.25, -0.2) is 0 Å². The summed E-state index contributed by atoms with van der Waals surface area (Å²) in [6, 6.07) is 6.34. The third kappa shape index (κ3) is 1.25. The number of hydrogen-bond donors (Lipinski definition) is 2. The van der Waals surface area contributed by atoms with E-state index in [1.54, 1.807) is 0 Å². The molecule has 1 aromatic carbocycles. The van der Waals surface area contributed by atoms with Gasteiger partial charge in [0.25, 0.3) is 0 Å². The van der Waals surface area contributed by atoms with Gasteiger partial charge in [-0.3, -0.25) is 5.01 Å². The lowest BCUT2D eigenvalue weighted by Crippen LogP contribution is -2.32. The van der Waals surface area contributed by atoms with E-state index in [-0.39, 0.29) is 0 Å². The van der Waals surface area contributed by atoms with Gasteiger partial charge in [0.1, 0.15) is 0 Å². The largest absolute Gasteiger partial charge is 0.302 e. The van der Waals surface area contributed by atoms with Gasteiger partial charge in [0.15, 0.2) is 0 Å². The third-order valence-electron chi connectivity index (χ3n) is 2.38. The number of benzene rings is 1. The fourth-order valence-corrected chi connectivity index (χ4v) is 1.70. The summed E-state index contributed by atoms with van der Waals surface area (Å²) in [7, 11) is 2.02. The molecule has 0 aromatic heterocycles. The van der Waals surface area contributed by atoms with Crippen molar-refractivity contribution in [3.63, 3.8) is 0 Å². The molecule has 1 heterocycles. The molecule has 1 aliphatic heterocycles. The van der Waals surface area contributed by atoms with Crippen molar-refractivity contribution < 1.29 is 0 Å². The van der Waals surface area contributed by atoms with E-state index in [9.17, 15) is 0 Å². The molecule has 0 amide bonds. The second kappa shape index (κ2) is 2.92. The SMILES string of the molecule is CC(C)c1cccc2c1N(C)NN2. The number of fused-ring (bicyclic) bond motifs is 1. The second-order valence-electron chi connectivity index (χ2n) is 3.69. The van der Waals surface area contributed by atoms with E-state index >= 15 is 0 Å². The van der Waals surface area contributed by atoms with Gasteiger partial charge in [0, 0.05) is 7.05 Å². The molecule has 70 valence electrons. The Morgan fingerprint density at radius 2 is 2.08 bits per heavy atom. The summed E-state index contributed by atoms with van der Waals surface area (Å²) < 4.78 is 0. The van der Waals surface area contributed by atoms with Gasteiger partial charge in [0.05, 0.1) is 11.4 Å². The lowest BCUT2D eigenvalue weighted by Gasteiger charge is -2.16. The maximum Gasteiger partial charge on any atom is 0.0814 e. The highest BCUT2D eigenvalue weighted by molar-refractivity contribution is 5.76. The van der Waals surface area contributed by atoms with E-state index in [0.29, 0.717) is 5.92 Å². The molecule has 0 atom stereocenters. The van der Waals surface area contributed by atoms with Crippen molar-refractivity contribution >= 4 is 11.4 Å². The van der Waals surface area contributed by atoms with Crippen LogP contribution in [0.25, 0.3) is 0 Å². The maximum absolute atomic E-state index is 3.12. The van der Waals surface area contributed by atoms with Crippen LogP contribution < -0.4 is 16.0 Å². The van der Waals surface area contributed by atoms with Crippen LogP contribution in [0.3, 0.4) is 0 Å². The van der Waals surface area contributed by atoms with Gasteiger partial charge in [-0.15, -0.1) is 5.53 Å². The van der Waals surface area contributed by atoms with Crippen LogP contribution in [0.1, 0.15) is 25.3 Å². The van der Waals surface area contributed by atoms with E-state index in [1.165, 1.54) is 11.3 Å². The molecule has 0 fully saturated rings. The molecule has 13 heavy (non-hydrogen) atoms. The Morgan fingerprint density at radius 1 is 1.31 bits per heavy atom. The molecule has 3 heteroatoms. The smallest absolute Gasteiger partial charge is 0.0814 e. The third-order valence-corrected chi connectivity index (χ3v) is 2.38. The van der Waals surface area contributed by atoms with Gasteiger partial charge < -0.3 is 5.43 Å². The first-order valence-electron chi connectivity index (χ1n) is 4.58. The van der Waals surface area contributed by atoms with Gasteiger partial charge in [-0.05, 0) is 17.5 Å². The second-order valence-corrected chi connectivity index (χ2v) is 3.69. The number of hydrazine groups is 2. The molecular formula is C10H15N3. The van der Waals surface area contributed by atoms with E-state index in [1.807, 2.05) is 12.1 Å². The van der Waals surface area contributed by atoms with Crippen molar-refractivity contribution in [2.24, 2.45) is 0 Å². The van der Waals surface area contributed by atoms with Crippen LogP contribution in [-0.2, 0) is 0 Å². The molecule has 0 radical (unpaired) electrons. The fraction of sp³-hybridized carbons (Fsp3) is 0.400. The lowest BCUT2D eigenvalue weighted by molar-refractivity contribution is 0.799. The van der Waals surface area contributed by atoms with Gasteiger partial charge in [-0.2, -0.15) is 0 Å². The van der Waals surface area contributed by atoms with Crippen LogP contribution in [0, 0.1) is 0 Å². The first kappa shape index (κ1) is 8.38. The Bertz CT molecular complexity index is 320. The summed E-state index contributed by atoms with van der Waals surface area (Å²) in [6.07, 6.45) is 0. The van der Waals surface area contributed by atoms with Crippen molar-refractivity contribution in [3.05, 3.63) is 23.8 Å². The van der Waals surface area contributed by atoms with E-state index in [2.05, 4.69) is 43.0 Å². The summed E-state index contributed by atoms with van der Waals surface area (Å²) in [6.45, 7) is 4.42. The van der Waals surface area contributed by atoms with Gasteiger partial charge >= 0.3 is 0 Å². The molecule has 1 aliphatic rings. The lowest BCUT2D eigenvalue weighted by atomic mass is 10.0. The Morgan fingerprint density at radius 3 is 2.77 bits per heavy atom. The van der Waals surface area contributed by atoms with Crippen molar-refractivity contribution in [1.82, 2.24) is 5.53 Å². The highest BCUT2D eigenvalue weighted by Crippen LogP contribution is 2.35. The minimum Gasteiger partial charge on any atom is -0.302 e. The van der Waals surface area contributed by atoms with E-state index in [0.717, 1.165) is 5.69 Å². The maximum atomic E-state index is 3.12. The highest BCUT2D eigenvalue weighted by Gasteiger charge is 2.19. The molecule has 0 saturated heterocycles. The molecule has 0 saturated carbocycles. The Hall–Kier alpha value is -1.22. The molecule has 0 spiro atoms. The molecule has 3 nitrogen and oxygen atoms in total. The normalized spacial score (nSPS) is 14.6. The number of hydrogen-bond acceptors (Lipinski definition) is 3. The predicted octanol–water partition coefficient (Wildman–Crippen LogP) is 2.09. The summed E-state index contributed by atoms with van der Waals surface area (Å²) in [5, 5.41) is 2.02. The predicted molar refractivity (Wildman–Crippen MR) is 55.7 cm³/mol. The molecule has 2 rings (SSSR count). The van der Waals surface area contributed by atoms with Crippen LogP contribution in [0.15, 0.2) is 18.2 Å². The highest BCUT2D eigenvalue weighted by atomic mass is 15.7. The number of rotatable bonds is 1. The summed E-state index contributed by atoms with van der Waals surface area (Å²) in [5.74, 6) is 0.555. The van der Waals surface area contributed by atoms with Crippen LogP contribution in [0.5, 0.6) is 0 Å². The molecule has 0 bridgehead atoms. The molecule has 0 aliphatic carbocycles. The van der Waals surface area contributed by atoms with E-state index in [4.69, 9.17) is 0 Å². The van der Waals surface area contributed by atoms with Crippen LogP contribution >= 0.6 is 0 Å². The average Bonchev–Trinajstić information content (AvgIpc) is 2.48. The fourth-order valence-electron chi connectivity index (χ4n) is 1.70. The number of para-hydroxylation sites is 1. The zero-order valence-electron chi connectivity index (χ0n) is 8.26. The quantitative estimate of drug-likeness (QED) is 0.687. The Kier molecular flexibility index (Phi) is 1.88. The number of anilines is 2. The standard InChI is InChI=1S/C10H15N3/c1-7(2)8-5-4-6-9-10(8)13(3)12-11-9/h4-7,11-12H,1-3H3. The van der Waals surface area contributed by atoms with Crippen LogP contribution in [-0.4, -0.2) is 7.05 Å². The Balaban J connectivity index is 2.53.